The van der Waals surface area contributed by atoms with Crippen molar-refractivity contribution in [2.24, 2.45) is 5.92 Å². The van der Waals surface area contributed by atoms with Gasteiger partial charge in [-0.3, -0.25) is 0 Å². The minimum Gasteiger partial charge on any atom is -0.413 e. The maximum absolute atomic E-state index is 11.0. The highest BCUT2D eigenvalue weighted by Gasteiger charge is 2.39. The van der Waals surface area contributed by atoms with Gasteiger partial charge in [0.15, 0.2) is 8.32 Å². The van der Waals surface area contributed by atoms with Crippen LogP contribution in [-0.2, 0) is 9.22 Å². The van der Waals surface area contributed by atoms with Crippen LogP contribution in [0.5, 0.6) is 0 Å². The second kappa shape index (κ2) is 7.94. The minimum absolute atomic E-state index is 0.0198. The van der Waals surface area contributed by atoms with Gasteiger partial charge in [-0.15, -0.1) is 0 Å². The van der Waals surface area contributed by atoms with Crippen molar-refractivity contribution in [1.29, 1.82) is 0 Å². The molecule has 0 amide bonds. The lowest BCUT2D eigenvalue weighted by Crippen LogP contribution is -2.45. The van der Waals surface area contributed by atoms with Crippen LogP contribution < -0.4 is 0 Å². The van der Waals surface area contributed by atoms with Crippen molar-refractivity contribution in [3.8, 4) is 0 Å². The molecular formula is C17H32O2Si. The largest absolute Gasteiger partial charge is 0.413 e. The van der Waals surface area contributed by atoms with Gasteiger partial charge in [0, 0.05) is 6.42 Å². The van der Waals surface area contributed by atoms with Gasteiger partial charge in [-0.1, -0.05) is 51.5 Å². The van der Waals surface area contributed by atoms with Crippen LogP contribution in [0.3, 0.4) is 0 Å². The normalized spacial score (nSPS) is 17.3. The quantitative estimate of drug-likeness (QED) is 0.370. The van der Waals surface area contributed by atoms with Crippen LogP contribution >= 0.6 is 0 Å². The Labute approximate surface area is 126 Å². The molecule has 0 aromatic rings. The fraction of sp³-hybridized carbons (Fsp3) is 0.706. The van der Waals surface area contributed by atoms with Gasteiger partial charge in [-0.2, -0.15) is 0 Å². The van der Waals surface area contributed by atoms with Crippen LogP contribution in [0.2, 0.25) is 18.1 Å². The van der Waals surface area contributed by atoms with Crippen LogP contribution in [0, 0.1) is 5.92 Å². The Hall–Kier alpha value is -0.673. The molecule has 116 valence electrons. The SMILES string of the molecule is CC=CC(C)=C[C@H](C)[C@H](CC=O)O[Si](C)(C)C(C)(C)C. The Balaban J connectivity index is 5.07. The molecule has 0 radical (unpaired) electrons. The van der Waals surface area contributed by atoms with Gasteiger partial charge in [0.2, 0.25) is 0 Å². The lowest BCUT2D eigenvalue weighted by Gasteiger charge is -2.40. The summed E-state index contributed by atoms with van der Waals surface area (Å²) in [6.07, 6.45) is 7.73. The second-order valence-electron chi connectivity index (χ2n) is 7.09. The zero-order valence-corrected chi connectivity index (χ0v) is 15.5. The van der Waals surface area contributed by atoms with E-state index in [1.54, 1.807) is 0 Å². The first-order valence-electron chi connectivity index (χ1n) is 7.47. The molecule has 0 bridgehead atoms. The van der Waals surface area contributed by atoms with Crippen molar-refractivity contribution in [2.75, 3.05) is 0 Å². The van der Waals surface area contributed by atoms with Crippen LogP contribution in [0.15, 0.2) is 23.8 Å². The third-order valence-corrected chi connectivity index (χ3v) is 8.63. The van der Waals surface area contributed by atoms with Crippen LogP contribution in [-0.4, -0.2) is 20.7 Å². The molecule has 0 saturated carbocycles. The average molecular weight is 297 g/mol. The summed E-state index contributed by atoms with van der Waals surface area (Å²) in [6, 6.07) is 0. The summed E-state index contributed by atoms with van der Waals surface area (Å²) in [5.41, 5.74) is 1.22. The van der Waals surface area contributed by atoms with Gasteiger partial charge in [0.05, 0.1) is 6.10 Å². The second-order valence-corrected chi connectivity index (χ2v) is 11.8. The van der Waals surface area contributed by atoms with E-state index in [0.29, 0.717) is 6.42 Å². The van der Waals surface area contributed by atoms with Crippen LogP contribution in [0.4, 0.5) is 0 Å². The van der Waals surface area contributed by atoms with Crippen molar-refractivity contribution in [2.45, 2.75) is 72.2 Å². The molecule has 20 heavy (non-hydrogen) atoms. The summed E-state index contributed by atoms with van der Waals surface area (Å²) < 4.78 is 6.42. The average Bonchev–Trinajstić information content (AvgIpc) is 2.26. The zero-order valence-electron chi connectivity index (χ0n) is 14.5. The highest BCUT2D eigenvalue weighted by molar-refractivity contribution is 6.74. The van der Waals surface area contributed by atoms with E-state index < -0.39 is 8.32 Å². The van der Waals surface area contributed by atoms with Crippen LogP contribution in [0.1, 0.15) is 48.0 Å². The molecule has 0 aliphatic heterocycles. The Morgan fingerprint density at radius 1 is 1.30 bits per heavy atom. The molecule has 0 fully saturated rings. The third-order valence-electron chi connectivity index (χ3n) is 4.12. The molecule has 2 atom stereocenters. The zero-order chi connectivity index (χ0) is 16.0. The summed E-state index contributed by atoms with van der Waals surface area (Å²) in [5.74, 6) is 0.241. The molecule has 0 aromatic heterocycles. The minimum atomic E-state index is -1.84. The maximum atomic E-state index is 11.0. The summed E-state index contributed by atoms with van der Waals surface area (Å²) in [5, 5.41) is 0.163. The molecule has 0 saturated heterocycles. The number of hydrogen-bond acceptors (Lipinski definition) is 2. The van der Waals surface area contributed by atoms with E-state index in [-0.39, 0.29) is 17.1 Å². The summed E-state index contributed by atoms with van der Waals surface area (Å²) in [6.45, 7) is 17.4. The standard InChI is InChI=1S/C17H32O2Si/c1-9-10-14(2)13-15(3)16(11-12-18)19-20(7,8)17(4,5)6/h9-10,12-13,15-16H,11H2,1-8H3/t15-,16-/m0/s1. The Kier molecular flexibility index (Phi) is 7.67. The molecular weight excluding hydrogens is 264 g/mol. The molecule has 0 spiro atoms. The van der Waals surface area contributed by atoms with E-state index in [0.717, 1.165) is 6.29 Å². The van der Waals surface area contributed by atoms with Gasteiger partial charge < -0.3 is 9.22 Å². The van der Waals surface area contributed by atoms with Crippen molar-refractivity contribution in [1.82, 2.24) is 0 Å². The van der Waals surface area contributed by atoms with E-state index in [9.17, 15) is 4.79 Å². The van der Waals surface area contributed by atoms with Gasteiger partial charge in [0.25, 0.3) is 0 Å². The molecule has 0 unspecified atom stereocenters. The van der Waals surface area contributed by atoms with E-state index in [1.807, 2.05) is 13.0 Å². The molecule has 0 N–H and O–H groups in total. The first-order chi connectivity index (χ1) is 9.05. The van der Waals surface area contributed by atoms with Crippen LogP contribution in [0.25, 0.3) is 0 Å². The molecule has 0 aromatic carbocycles. The topological polar surface area (TPSA) is 26.3 Å². The number of carbonyl (C=O) groups excluding carboxylic acids is 1. The number of aldehydes is 1. The number of carbonyl (C=O) groups is 1. The fourth-order valence-corrected chi connectivity index (χ4v) is 3.28. The maximum Gasteiger partial charge on any atom is 0.192 e. The smallest absolute Gasteiger partial charge is 0.192 e. The van der Waals surface area contributed by atoms with Crippen molar-refractivity contribution in [3.63, 3.8) is 0 Å². The molecule has 3 heteroatoms. The molecule has 0 aliphatic carbocycles. The summed E-state index contributed by atoms with van der Waals surface area (Å²) in [7, 11) is -1.84. The van der Waals surface area contributed by atoms with E-state index >= 15 is 0 Å². The van der Waals surface area contributed by atoms with Crippen molar-refractivity contribution in [3.05, 3.63) is 23.8 Å². The predicted molar refractivity (Wildman–Crippen MR) is 90.5 cm³/mol. The number of rotatable bonds is 7. The molecule has 0 aliphatic rings. The Bertz CT molecular complexity index is 362. The van der Waals surface area contributed by atoms with Gasteiger partial charge in [-0.05, 0) is 37.9 Å². The monoisotopic (exact) mass is 296 g/mol. The molecule has 2 nitrogen and oxygen atoms in total. The van der Waals surface area contributed by atoms with E-state index in [4.69, 9.17) is 4.43 Å². The summed E-state index contributed by atoms with van der Waals surface area (Å²) in [4.78, 5) is 11.0. The van der Waals surface area contributed by atoms with E-state index in [1.165, 1.54) is 5.57 Å². The van der Waals surface area contributed by atoms with Crippen molar-refractivity contribution < 1.29 is 9.22 Å². The summed E-state index contributed by atoms with van der Waals surface area (Å²) >= 11 is 0. The van der Waals surface area contributed by atoms with E-state index in [2.05, 4.69) is 59.9 Å². The van der Waals surface area contributed by atoms with Gasteiger partial charge in [-0.25, -0.2) is 0 Å². The first-order valence-corrected chi connectivity index (χ1v) is 10.4. The lowest BCUT2D eigenvalue weighted by molar-refractivity contribution is -0.109. The molecule has 0 rings (SSSR count). The Morgan fingerprint density at radius 2 is 1.85 bits per heavy atom. The van der Waals surface area contributed by atoms with Crippen molar-refractivity contribution >= 4 is 14.6 Å². The van der Waals surface area contributed by atoms with Gasteiger partial charge in [0.1, 0.15) is 6.29 Å². The highest BCUT2D eigenvalue weighted by atomic mass is 28.4. The predicted octanol–water partition coefficient (Wildman–Crippen LogP) is 5.12. The van der Waals surface area contributed by atoms with Gasteiger partial charge >= 0.3 is 0 Å². The lowest BCUT2D eigenvalue weighted by atomic mass is 9.99. The number of allylic oxidation sites excluding steroid dienone is 3. The Morgan fingerprint density at radius 3 is 2.25 bits per heavy atom. The third kappa shape index (κ3) is 6.19. The first kappa shape index (κ1) is 19.3. The number of hydrogen-bond donors (Lipinski definition) is 0. The highest BCUT2D eigenvalue weighted by Crippen LogP contribution is 2.38. The molecule has 0 heterocycles. The fourth-order valence-electron chi connectivity index (χ4n) is 1.86.